The van der Waals surface area contributed by atoms with Gasteiger partial charge in [0.15, 0.2) is 0 Å². The van der Waals surface area contributed by atoms with E-state index in [1.54, 1.807) is 0 Å². The zero-order valence-electron chi connectivity index (χ0n) is 17.8. The van der Waals surface area contributed by atoms with Crippen LogP contribution in [-0.2, 0) is 27.4 Å². The summed E-state index contributed by atoms with van der Waals surface area (Å²) in [5, 5.41) is 0. The lowest BCUT2D eigenvalue weighted by molar-refractivity contribution is -0.136. The van der Waals surface area contributed by atoms with Crippen LogP contribution >= 0.6 is 0 Å². The molecule has 30 heavy (non-hydrogen) atoms. The molecular weight excluding hydrogens is 380 g/mol. The van der Waals surface area contributed by atoms with Gasteiger partial charge in [0, 0.05) is 6.42 Å². The normalized spacial score (nSPS) is 13.2. The number of carbonyl (C=O) groups excluding carboxylic acids is 3. The topological polar surface area (TPSA) is 89.7 Å². The highest BCUT2D eigenvalue weighted by Gasteiger charge is 2.35. The highest BCUT2D eigenvalue weighted by Crippen LogP contribution is 2.22. The van der Waals surface area contributed by atoms with Gasteiger partial charge in [-0.2, -0.15) is 0 Å². The summed E-state index contributed by atoms with van der Waals surface area (Å²) in [5.74, 6) is -0.615. The third-order valence-corrected chi connectivity index (χ3v) is 4.57. The van der Waals surface area contributed by atoms with Crippen LogP contribution in [0.3, 0.4) is 0 Å². The molecule has 0 aliphatic carbocycles. The van der Waals surface area contributed by atoms with Crippen LogP contribution in [0.5, 0.6) is 0 Å². The van der Waals surface area contributed by atoms with Crippen molar-refractivity contribution in [2.75, 3.05) is 0 Å². The molecule has 2 N–H and O–H groups in total. The Hall–Kier alpha value is -2.99. The minimum atomic E-state index is -1.01. The molecule has 0 saturated heterocycles. The van der Waals surface area contributed by atoms with Gasteiger partial charge in [0.05, 0.1) is 6.04 Å². The molecule has 2 aromatic rings. The summed E-state index contributed by atoms with van der Waals surface area (Å²) in [4.78, 5) is 38.8. The molecule has 6 nitrogen and oxygen atoms in total. The second-order valence-corrected chi connectivity index (χ2v) is 8.51. The molecule has 0 spiro atoms. The highest BCUT2D eigenvalue weighted by molar-refractivity contribution is 5.97. The Morgan fingerprint density at radius 2 is 1.53 bits per heavy atom. The second-order valence-electron chi connectivity index (χ2n) is 8.51. The molecule has 2 rings (SSSR count). The summed E-state index contributed by atoms with van der Waals surface area (Å²) < 4.78 is 5.36. The number of ether oxygens (including phenoxy) is 1. The number of benzene rings is 2. The van der Waals surface area contributed by atoms with Gasteiger partial charge in [-0.15, -0.1) is 0 Å². The summed E-state index contributed by atoms with van der Waals surface area (Å²) in [5.41, 5.74) is 7.51. The van der Waals surface area contributed by atoms with Crippen molar-refractivity contribution in [3.63, 3.8) is 0 Å². The lowest BCUT2D eigenvalue weighted by atomic mass is 9.88. The predicted molar refractivity (Wildman–Crippen MR) is 116 cm³/mol. The van der Waals surface area contributed by atoms with Crippen LogP contribution in [0.15, 0.2) is 60.7 Å². The average Bonchev–Trinajstić information content (AvgIpc) is 2.71. The minimum Gasteiger partial charge on any atom is -0.444 e. The van der Waals surface area contributed by atoms with E-state index < -0.39 is 24.1 Å². The maximum Gasteiger partial charge on any atom is 0.417 e. The first-order valence-electron chi connectivity index (χ1n) is 10.00. The molecule has 0 unspecified atom stereocenters. The van der Waals surface area contributed by atoms with E-state index in [0.29, 0.717) is 12.7 Å². The number of hydrogen-bond acceptors (Lipinski definition) is 5. The van der Waals surface area contributed by atoms with Gasteiger partial charge in [0.1, 0.15) is 18.9 Å². The van der Waals surface area contributed by atoms with Crippen LogP contribution < -0.4 is 5.73 Å². The van der Waals surface area contributed by atoms with E-state index in [0.717, 1.165) is 16.0 Å². The summed E-state index contributed by atoms with van der Waals surface area (Å²) in [7, 11) is 0. The zero-order chi connectivity index (χ0) is 22.1. The number of imide groups is 1. The van der Waals surface area contributed by atoms with Crippen LogP contribution in [0, 0.1) is 5.41 Å². The number of aldehydes is 1. The van der Waals surface area contributed by atoms with Gasteiger partial charge in [-0.05, 0) is 23.0 Å². The van der Waals surface area contributed by atoms with Crippen molar-refractivity contribution in [3.05, 3.63) is 71.8 Å². The Labute approximate surface area is 178 Å². The van der Waals surface area contributed by atoms with Gasteiger partial charge < -0.3 is 15.3 Å². The molecule has 160 valence electrons. The third kappa shape index (κ3) is 7.12. The number of nitrogens with zero attached hydrogens (tertiary/aromatic N) is 1. The van der Waals surface area contributed by atoms with E-state index in [-0.39, 0.29) is 18.4 Å². The smallest absolute Gasteiger partial charge is 0.417 e. The fourth-order valence-electron chi connectivity index (χ4n) is 3.16. The first-order valence-corrected chi connectivity index (χ1v) is 10.00. The lowest BCUT2D eigenvalue weighted by Gasteiger charge is -2.30. The molecule has 2 amide bonds. The van der Waals surface area contributed by atoms with Crippen LogP contribution in [0.1, 0.15) is 38.3 Å². The molecule has 0 aliphatic rings. The monoisotopic (exact) mass is 410 g/mol. The van der Waals surface area contributed by atoms with Crippen molar-refractivity contribution in [3.8, 4) is 0 Å². The average molecular weight is 411 g/mol. The number of amides is 2. The molecule has 0 aromatic heterocycles. The summed E-state index contributed by atoms with van der Waals surface area (Å²) >= 11 is 0. The molecule has 0 radical (unpaired) electrons. The Balaban J connectivity index is 2.24. The Morgan fingerprint density at radius 3 is 2.03 bits per heavy atom. The molecule has 0 bridgehead atoms. The highest BCUT2D eigenvalue weighted by atomic mass is 16.6. The molecule has 0 saturated carbocycles. The van der Waals surface area contributed by atoms with E-state index in [2.05, 4.69) is 0 Å². The molecule has 2 atom stereocenters. The van der Waals surface area contributed by atoms with Crippen LogP contribution in [0.4, 0.5) is 4.79 Å². The first-order chi connectivity index (χ1) is 14.2. The van der Waals surface area contributed by atoms with Crippen molar-refractivity contribution in [1.29, 1.82) is 0 Å². The summed E-state index contributed by atoms with van der Waals surface area (Å²) in [6.45, 7) is 5.87. The van der Waals surface area contributed by atoms with E-state index in [1.165, 1.54) is 0 Å². The van der Waals surface area contributed by atoms with Crippen molar-refractivity contribution in [2.45, 2.75) is 52.3 Å². The molecular formula is C24H30N2O4. The number of carbonyl (C=O) groups is 3. The van der Waals surface area contributed by atoms with Gasteiger partial charge in [-0.25, -0.2) is 9.69 Å². The van der Waals surface area contributed by atoms with Crippen LogP contribution in [0.25, 0.3) is 0 Å². The Bertz CT molecular complexity index is 831. The van der Waals surface area contributed by atoms with Crippen molar-refractivity contribution < 1.29 is 19.1 Å². The van der Waals surface area contributed by atoms with E-state index >= 15 is 0 Å². The fourth-order valence-corrected chi connectivity index (χ4v) is 3.16. The third-order valence-electron chi connectivity index (χ3n) is 4.57. The van der Waals surface area contributed by atoms with Crippen molar-refractivity contribution >= 4 is 18.3 Å². The Morgan fingerprint density at radius 1 is 1.00 bits per heavy atom. The predicted octanol–water partition coefficient (Wildman–Crippen LogP) is 3.73. The van der Waals surface area contributed by atoms with Gasteiger partial charge in [-0.3, -0.25) is 4.79 Å². The quantitative estimate of drug-likeness (QED) is 0.670. The molecule has 0 heterocycles. The first kappa shape index (κ1) is 23.3. The van der Waals surface area contributed by atoms with Gasteiger partial charge in [0.25, 0.3) is 0 Å². The van der Waals surface area contributed by atoms with Crippen LogP contribution in [0.2, 0.25) is 0 Å². The summed E-state index contributed by atoms with van der Waals surface area (Å²) in [6.07, 6.45) is 0.281. The SMILES string of the molecule is CC(C)(C)C[C@H](N)C(=O)N(C(=O)OCc1ccccc1)[C@H](C=O)Cc1ccccc1. The number of hydrogen-bond donors (Lipinski definition) is 1. The fraction of sp³-hybridized carbons (Fsp3) is 0.375. The molecule has 0 aliphatic heterocycles. The lowest BCUT2D eigenvalue weighted by Crippen LogP contribution is -2.53. The maximum absolute atomic E-state index is 13.1. The van der Waals surface area contributed by atoms with Gasteiger partial charge in [0.2, 0.25) is 5.91 Å². The van der Waals surface area contributed by atoms with Crippen molar-refractivity contribution in [1.82, 2.24) is 4.90 Å². The Kier molecular flexibility index (Phi) is 8.30. The summed E-state index contributed by atoms with van der Waals surface area (Å²) in [6, 6.07) is 16.4. The second kappa shape index (κ2) is 10.7. The van der Waals surface area contributed by atoms with Gasteiger partial charge in [-0.1, -0.05) is 81.4 Å². The number of rotatable bonds is 8. The van der Waals surface area contributed by atoms with Gasteiger partial charge >= 0.3 is 6.09 Å². The standard InChI is InChI=1S/C24H30N2O4/c1-24(2,3)15-21(25)22(28)26(20(16-27)14-18-10-6-4-7-11-18)23(29)30-17-19-12-8-5-9-13-19/h4-13,16,20-21H,14-15,17,25H2,1-3H3/t20-,21-/m0/s1. The van der Waals surface area contributed by atoms with E-state index in [9.17, 15) is 14.4 Å². The molecule has 6 heteroatoms. The molecule has 0 fully saturated rings. The zero-order valence-corrected chi connectivity index (χ0v) is 17.8. The number of nitrogens with two attached hydrogens (primary N) is 1. The van der Waals surface area contributed by atoms with Crippen LogP contribution in [-0.4, -0.2) is 35.3 Å². The minimum absolute atomic E-state index is 0.00508. The largest absolute Gasteiger partial charge is 0.444 e. The van der Waals surface area contributed by atoms with E-state index in [4.69, 9.17) is 10.5 Å². The maximum atomic E-state index is 13.1. The van der Waals surface area contributed by atoms with E-state index in [1.807, 2.05) is 81.4 Å². The van der Waals surface area contributed by atoms with Crippen molar-refractivity contribution in [2.24, 2.45) is 11.1 Å². The molecule has 2 aromatic carbocycles.